The number of pyridine rings is 1. The number of non-ortho nitro benzene ring substituents is 1. The number of nitro groups is 1. The number of ether oxygens (including phenoxy) is 3. The van der Waals surface area contributed by atoms with E-state index in [2.05, 4.69) is 10.3 Å². The molecule has 2 unspecified atom stereocenters. The van der Waals surface area contributed by atoms with Crippen molar-refractivity contribution >= 4 is 17.9 Å². The van der Waals surface area contributed by atoms with Crippen molar-refractivity contribution in [3.63, 3.8) is 0 Å². The van der Waals surface area contributed by atoms with Gasteiger partial charge in [0.05, 0.1) is 11.0 Å². The Morgan fingerprint density at radius 1 is 1.17 bits per heavy atom. The number of nitrogens with one attached hydrogen (secondary N) is 1. The van der Waals surface area contributed by atoms with Gasteiger partial charge in [-0.25, -0.2) is 9.59 Å². The Kier molecular flexibility index (Phi) is 7.14. The topological polar surface area (TPSA) is 130 Å². The van der Waals surface area contributed by atoms with Crippen LogP contribution in [0.4, 0.5) is 15.3 Å². The average molecular weight is 415 g/mol. The number of aromatic nitrogens is 1. The number of carbonyl (C=O) groups excluding carboxylic acids is 2. The zero-order valence-corrected chi connectivity index (χ0v) is 16.1. The quantitative estimate of drug-likeness (QED) is 0.327. The molecule has 0 radical (unpaired) electrons. The van der Waals surface area contributed by atoms with Gasteiger partial charge < -0.3 is 19.5 Å². The Balaban J connectivity index is 1.50. The highest BCUT2D eigenvalue weighted by Gasteiger charge is 2.30. The van der Waals surface area contributed by atoms with Crippen LogP contribution in [0.1, 0.15) is 31.2 Å². The summed E-state index contributed by atoms with van der Waals surface area (Å²) in [5, 5.41) is 13.4. The highest BCUT2D eigenvalue weighted by molar-refractivity contribution is 5.68. The monoisotopic (exact) mass is 415 g/mol. The lowest BCUT2D eigenvalue weighted by Crippen LogP contribution is -2.47. The standard InChI is InChI=1S/C20H21N3O7/c24-19(28-13-14-4-3-11-21-12-14)22-17-5-1-2-6-18(17)30-20(25)29-16-9-7-15(8-10-16)23(26)27/h3-4,7-12,17-18H,1-2,5-6,13H2,(H,22,24). The van der Waals surface area contributed by atoms with Gasteiger partial charge in [0, 0.05) is 30.1 Å². The van der Waals surface area contributed by atoms with Crippen LogP contribution >= 0.6 is 0 Å². The molecule has 2 atom stereocenters. The summed E-state index contributed by atoms with van der Waals surface area (Å²) < 4.78 is 15.6. The second kappa shape index (κ2) is 10.2. The zero-order chi connectivity index (χ0) is 21.3. The van der Waals surface area contributed by atoms with Crippen LogP contribution in [0.2, 0.25) is 0 Å². The predicted octanol–water partition coefficient (Wildman–Crippen LogP) is 3.74. The molecule has 2 aromatic rings. The number of amides is 1. The van der Waals surface area contributed by atoms with Gasteiger partial charge in [0.2, 0.25) is 0 Å². The molecule has 1 aromatic heterocycles. The average Bonchev–Trinajstić information content (AvgIpc) is 2.75. The molecule has 1 amide bonds. The van der Waals surface area contributed by atoms with Crippen molar-refractivity contribution in [1.82, 2.24) is 10.3 Å². The van der Waals surface area contributed by atoms with Crippen molar-refractivity contribution < 1.29 is 28.7 Å². The molecule has 1 aliphatic carbocycles. The number of carbonyl (C=O) groups is 2. The van der Waals surface area contributed by atoms with Gasteiger partial charge in [-0.3, -0.25) is 15.1 Å². The first-order chi connectivity index (χ1) is 14.5. The molecule has 1 fully saturated rings. The van der Waals surface area contributed by atoms with E-state index < -0.39 is 29.3 Å². The second-order valence-electron chi connectivity index (χ2n) is 6.73. The van der Waals surface area contributed by atoms with Crippen LogP contribution in [0.25, 0.3) is 0 Å². The molecule has 0 saturated heterocycles. The lowest BCUT2D eigenvalue weighted by atomic mass is 9.92. The molecular weight excluding hydrogens is 394 g/mol. The fourth-order valence-corrected chi connectivity index (χ4v) is 3.11. The predicted molar refractivity (Wildman–Crippen MR) is 104 cm³/mol. The number of nitro benzene ring substituents is 1. The van der Waals surface area contributed by atoms with Gasteiger partial charge in [-0.1, -0.05) is 12.5 Å². The van der Waals surface area contributed by atoms with E-state index >= 15 is 0 Å². The van der Waals surface area contributed by atoms with Gasteiger partial charge in [0.15, 0.2) is 0 Å². The molecule has 3 rings (SSSR count). The number of nitrogens with zero attached hydrogens (tertiary/aromatic N) is 2. The molecule has 0 aliphatic heterocycles. The number of hydrogen-bond donors (Lipinski definition) is 1. The SMILES string of the molecule is O=C(NC1CCCCC1OC(=O)Oc1ccc([N+](=O)[O-])cc1)OCc1cccnc1. The molecule has 158 valence electrons. The zero-order valence-electron chi connectivity index (χ0n) is 16.1. The van der Waals surface area contributed by atoms with E-state index in [0.717, 1.165) is 18.4 Å². The molecule has 0 bridgehead atoms. The van der Waals surface area contributed by atoms with Crippen LogP contribution in [0, 0.1) is 10.1 Å². The summed E-state index contributed by atoms with van der Waals surface area (Å²) in [7, 11) is 0. The van der Waals surface area contributed by atoms with Gasteiger partial charge in [-0.05, 0) is 37.5 Å². The van der Waals surface area contributed by atoms with Crippen molar-refractivity contribution in [3.05, 3.63) is 64.5 Å². The molecule has 1 saturated carbocycles. The van der Waals surface area contributed by atoms with Crippen molar-refractivity contribution in [3.8, 4) is 5.75 Å². The fraction of sp³-hybridized carbons (Fsp3) is 0.350. The van der Waals surface area contributed by atoms with Gasteiger partial charge in [-0.15, -0.1) is 0 Å². The number of benzene rings is 1. The molecule has 1 N–H and O–H groups in total. The minimum atomic E-state index is -0.939. The van der Waals surface area contributed by atoms with Crippen LogP contribution in [0.15, 0.2) is 48.8 Å². The summed E-state index contributed by atoms with van der Waals surface area (Å²) in [4.78, 5) is 38.3. The summed E-state index contributed by atoms with van der Waals surface area (Å²) in [6, 6.07) is 8.22. The second-order valence-corrected chi connectivity index (χ2v) is 6.73. The van der Waals surface area contributed by atoms with E-state index in [0.29, 0.717) is 12.8 Å². The Bertz CT molecular complexity index is 874. The molecule has 1 aliphatic rings. The Hall–Kier alpha value is -3.69. The first-order valence-electron chi connectivity index (χ1n) is 9.46. The smallest absolute Gasteiger partial charge is 0.445 e. The maximum atomic E-state index is 12.1. The maximum Gasteiger partial charge on any atom is 0.514 e. The molecule has 1 aromatic carbocycles. The molecular formula is C20H21N3O7. The summed E-state index contributed by atoms with van der Waals surface area (Å²) >= 11 is 0. The summed E-state index contributed by atoms with van der Waals surface area (Å²) in [5.41, 5.74) is 0.646. The summed E-state index contributed by atoms with van der Waals surface area (Å²) in [5.74, 6) is 0.127. The van der Waals surface area contributed by atoms with Gasteiger partial charge in [-0.2, -0.15) is 0 Å². The Labute approximate surface area is 172 Å². The van der Waals surface area contributed by atoms with Crippen LogP contribution in [-0.2, 0) is 16.1 Å². The number of hydrogen-bond acceptors (Lipinski definition) is 8. The lowest BCUT2D eigenvalue weighted by molar-refractivity contribution is -0.384. The van der Waals surface area contributed by atoms with Crippen LogP contribution in [-0.4, -0.2) is 34.3 Å². The molecule has 10 nitrogen and oxygen atoms in total. The Morgan fingerprint density at radius 2 is 1.93 bits per heavy atom. The van der Waals surface area contributed by atoms with Gasteiger partial charge >= 0.3 is 12.2 Å². The van der Waals surface area contributed by atoms with E-state index in [1.165, 1.54) is 24.3 Å². The lowest BCUT2D eigenvalue weighted by Gasteiger charge is -2.30. The highest BCUT2D eigenvalue weighted by atomic mass is 16.7. The van der Waals surface area contributed by atoms with E-state index in [4.69, 9.17) is 14.2 Å². The van der Waals surface area contributed by atoms with Gasteiger partial charge in [0.25, 0.3) is 5.69 Å². The minimum absolute atomic E-state index is 0.0834. The van der Waals surface area contributed by atoms with E-state index in [-0.39, 0.29) is 18.0 Å². The van der Waals surface area contributed by atoms with Crippen LogP contribution in [0.5, 0.6) is 5.75 Å². The third kappa shape index (κ3) is 6.16. The molecule has 1 heterocycles. The summed E-state index contributed by atoms with van der Waals surface area (Å²) in [6.45, 7) is 0.0834. The van der Waals surface area contributed by atoms with E-state index in [1.54, 1.807) is 24.5 Å². The van der Waals surface area contributed by atoms with Crippen molar-refractivity contribution in [2.75, 3.05) is 0 Å². The van der Waals surface area contributed by atoms with Crippen molar-refractivity contribution in [2.24, 2.45) is 0 Å². The first kappa shape index (κ1) is 21.0. The van der Waals surface area contributed by atoms with E-state index in [1.807, 2.05) is 0 Å². The highest BCUT2D eigenvalue weighted by Crippen LogP contribution is 2.23. The molecule has 10 heteroatoms. The number of rotatable bonds is 6. The van der Waals surface area contributed by atoms with E-state index in [9.17, 15) is 19.7 Å². The van der Waals surface area contributed by atoms with Crippen LogP contribution in [0.3, 0.4) is 0 Å². The van der Waals surface area contributed by atoms with Crippen molar-refractivity contribution in [2.45, 2.75) is 44.4 Å². The first-order valence-corrected chi connectivity index (χ1v) is 9.46. The normalized spacial score (nSPS) is 18.1. The van der Waals surface area contributed by atoms with Crippen LogP contribution < -0.4 is 10.1 Å². The molecule has 0 spiro atoms. The molecule has 30 heavy (non-hydrogen) atoms. The number of alkyl carbamates (subject to hydrolysis) is 1. The van der Waals surface area contributed by atoms with Gasteiger partial charge in [0.1, 0.15) is 18.5 Å². The largest absolute Gasteiger partial charge is 0.514 e. The Morgan fingerprint density at radius 3 is 2.63 bits per heavy atom. The minimum Gasteiger partial charge on any atom is -0.445 e. The fourth-order valence-electron chi connectivity index (χ4n) is 3.11. The maximum absolute atomic E-state index is 12.1. The third-order valence-electron chi connectivity index (χ3n) is 4.59. The van der Waals surface area contributed by atoms with Crippen molar-refractivity contribution in [1.29, 1.82) is 0 Å². The summed E-state index contributed by atoms with van der Waals surface area (Å²) in [6.07, 6.45) is 4.06. The third-order valence-corrected chi connectivity index (χ3v) is 4.59.